The number of carbonyl (C=O) groups is 4. The summed E-state index contributed by atoms with van der Waals surface area (Å²) < 4.78 is 14.9. The van der Waals surface area contributed by atoms with Crippen LogP contribution >= 0.6 is 11.3 Å². The van der Waals surface area contributed by atoms with E-state index in [0.717, 1.165) is 16.9 Å². The molecule has 0 aliphatic rings. The van der Waals surface area contributed by atoms with E-state index in [1.165, 1.54) is 18.4 Å². The molecule has 9 nitrogen and oxygen atoms in total. The first kappa shape index (κ1) is 22.8. The zero-order valence-electron chi connectivity index (χ0n) is 17.1. The number of anilines is 1. The topological polar surface area (TPSA) is 124 Å². The largest absolute Gasteiger partial charge is 0.462 e. The minimum atomic E-state index is -0.804. The molecular weight excluding hydrogens is 436 g/mol. The first-order chi connectivity index (χ1) is 15.5. The van der Waals surface area contributed by atoms with Crippen LogP contribution in [-0.4, -0.2) is 43.5 Å². The van der Waals surface area contributed by atoms with E-state index < -0.39 is 36.9 Å². The van der Waals surface area contributed by atoms with Crippen LogP contribution in [0.25, 0.3) is 11.1 Å². The Bertz CT molecular complexity index is 1090. The second kappa shape index (κ2) is 10.9. The van der Waals surface area contributed by atoms with Gasteiger partial charge in [-0.3, -0.25) is 14.4 Å². The maximum Gasteiger partial charge on any atom is 0.341 e. The van der Waals surface area contributed by atoms with Gasteiger partial charge in [-0.25, -0.2) is 4.79 Å². The van der Waals surface area contributed by atoms with Crippen LogP contribution in [0, 0.1) is 0 Å². The SMILES string of the molecule is CCOC(=O)c1c(-c2ccccc2)csc1NC(=O)COC(=O)CNC(=O)c1ccco1. The number of amides is 2. The van der Waals surface area contributed by atoms with Gasteiger partial charge >= 0.3 is 11.9 Å². The van der Waals surface area contributed by atoms with Crippen LogP contribution in [0.2, 0.25) is 0 Å². The van der Waals surface area contributed by atoms with Crippen LogP contribution in [0.15, 0.2) is 58.5 Å². The average molecular weight is 456 g/mol. The minimum absolute atomic E-state index is 0.0500. The van der Waals surface area contributed by atoms with Crippen LogP contribution in [0.1, 0.15) is 27.8 Å². The van der Waals surface area contributed by atoms with Crippen molar-refractivity contribution in [2.24, 2.45) is 0 Å². The van der Waals surface area contributed by atoms with Crippen LogP contribution in [-0.2, 0) is 19.1 Å². The molecule has 0 saturated carbocycles. The number of rotatable bonds is 9. The molecule has 0 spiro atoms. The molecule has 0 atom stereocenters. The van der Waals surface area contributed by atoms with Gasteiger partial charge < -0.3 is 24.5 Å². The molecule has 2 heterocycles. The highest BCUT2D eigenvalue weighted by atomic mass is 32.1. The Morgan fingerprint density at radius 3 is 2.50 bits per heavy atom. The summed E-state index contributed by atoms with van der Waals surface area (Å²) in [5.74, 6) is -2.54. The zero-order valence-corrected chi connectivity index (χ0v) is 17.9. The Morgan fingerprint density at radius 1 is 1.03 bits per heavy atom. The van der Waals surface area contributed by atoms with Gasteiger partial charge in [0.05, 0.1) is 12.9 Å². The van der Waals surface area contributed by atoms with Crippen molar-refractivity contribution < 1.29 is 33.1 Å². The lowest BCUT2D eigenvalue weighted by molar-refractivity contribution is -0.146. The van der Waals surface area contributed by atoms with Crippen LogP contribution < -0.4 is 10.6 Å². The van der Waals surface area contributed by atoms with Gasteiger partial charge in [-0.15, -0.1) is 11.3 Å². The Balaban J connectivity index is 1.59. The number of furan rings is 1. The molecule has 0 radical (unpaired) electrons. The van der Waals surface area contributed by atoms with Gasteiger partial charge in [0.15, 0.2) is 12.4 Å². The van der Waals surface area contributed by atoms with E-state index in [1.807, 2.05) is 30.3 Å². The molecule has 10 heteroatoms. The molecule has 0 bridgehead atoms. The number of thiophene rings is 1. The summed E-state index contributed by atoms with van der Waals surface area (Å²) in [5.41, 5.74) is 1.65. The normalized spacial score (nSPS) is 10.3. The number of ether oxygens (including phenoxy) is 2. The number of carbonyl (C=O) groups excluding carboxylic acids is 4. The lowest BCUT2D eigenvalue weighted by Gasteiger charge is -2.09. The summed E-state index contributed by atoms with van der Waals surface area (Å²) in [6.07, 6.45) is 1.33. The van der Waals surface area contributed by atoms with Crippen molar-refractivity contribution in [2.75, 3.05) is 25.1 Å². The second-order valence-electron chi connectivity index (χ2n) is 6.31. The minimum Gasteiger partial charge on any atom is -0.462 e. The molecule has 0 aliphatic heterocycles. The van der Waals surface area contributed by atoms with Gasteiger partial charge in [0.25, 0.3) is 11.8 Å². The average Bonchev–Trinajstić information content (AvgIpc) is 3.47. The molecule has 2 amide bonds. The van der Waals surface area contributed by atoms with E-state index in [9.17, 15) is 19.2 Å². The zero-order chi connectivity index (χ0) is 22.9. The van der Waals surface area contributed by atoms with Crippen molar-refractivity contribution in [3.05, 3.63) is 65.4 Å². The molecule has 1 aromatic carbocycles. The summed E-state index contributed by atoms with van der Waals surface area (Å²) in [6.45, 7) is 0.848. The number of benzene rings is 1. The van der Waals surface area contributed by atoms with Crippen molar-refractivity contribution in [3.63, 3.8) is 0 Å². The van der Waals surface area contributed by atoms with Gasteiger partial charge in [-0.2, -0.15) is 0 Å². The van der Waals surface area contributed by atoms with Crippen LogP contribution in [0.5, 0.6) is 0 Å². The first-order valence-electron chi connectivity index (χ1n) is 9.60. The lowest BCUT2D eigenvalue weighted by atomic mass is 10.0. The van der Waals surface area contributed by atoms with Crippen molar-refractivity contribution in [1.29, 1.82) is 0 Å². The van der Waals surface area contributed by atoms with Gasteiger partial charge in [-0.1, -0.05) is 30.3 Å². The Labute approximate surface area is 187 Å². The summed E-state index contributed by atoms with van der Waals surface area (Å²) in [6, 6.07) is 12.2. The van der Waals surface area contributed by atoms with E-state index >= 15 is 0 Å². The molecule has 0 unspecified atom stereocenters. The van der Waals surface area contributed by atoms with Crippen molar-refractivity contribution >= 4 is 40.1 Å². The molecule has 0 saturated heterocycles. The van der Waals surface area contributed by atoms with Crippen molar-refractivity contribution in [3.8, 4) is 11.1 Å². The third kappa shape index (κ3) is 5.82. The molecule has 32 heavy (non-hydrogen) atoms. The summed E-state index contributed by atoms with van der Waals surface area (Å²) in [7, 11) is 0. The summed E-state index contributed by atoms with van der Waals surface area (Å²) in [5, 5.41) is 6.93. The van der Waals surface area contributed by atoms with Gasteiger partial charge in [0.1, 0.15) is 17.1 Å². The summed E-state index contributed by atoms with van der Waals surface area (Å²) >= 11 is 1.16. The van der Waals surface area contributed by atoms with E-state index in [4.69, 9.17) is 13.9 Å². The number of nitrogens with one attached hydrogen (secondary N) is 2. The second-order valence-corrected chi connectivity index (χ2v) is 7.19. The van der Waals surface area contributed by atoms with E-state index in [2.05, 4.69) is 10.6 Å². The predicted octanol–water partition coefficient (Wildman–Crippen LogP) is 3.10. The highest BCUT2D eigenvalue weighted by Gasteiger charge is 2.23. The maximum atomic E-state index is 12.5. The van der Waals surface area contributed by atoms with Gasteiger partial charge in [0.2, 0.25) is 0 Å². The number of esters is 2. The fourth-order valence-electron chi connectivity index (χ4n) is 2.69. The molecular formula is C22H20N2O7S. The van der Waals surface area contributed by atoms with Gasteiger partial charge in [0, 0.05) is 10.9 Å². The lowest BCUT2D eigenvalue weighted by Crippen LogP contribution is -2.32. The third-order valence-electron chi connectivity index (χ3n) is 4.11. The maximum absolute atomic E-state index is 12.5. The molecule has 0 fully saturated rings. The molecule has 166 valence electrons. The third-order valence-corrected chi connectivity index (χ3v) is 5.01. The molecule has 3 aromatic rings. The highest BCUT2D eigenvalue weighted by molar-refractivity contribution is 7.15. The van der Waals surface area contributed by atoms with Crippen LogP contribution in [0.3, 0.4) is 0 Å². The molecule has 0 aliphatic carbocycles. The molecule has 2 N–H and O–H groups in total. The number of hydrogen-bond donors (Lipinski definition) is 2. The fourth-order valence-corrected chi connectivity index (χ4v) is 3.67. The highest BCUT2D eigenvalue weighted by Crippen LogP contribution is 2.36. The van der Waals surface area contributed by atoms with Gasteiger partial charge in [-0.05, 0) is 24.6 Å². The van der Waals surface area contributed by atoms with E-state index in [0.29, 0.717) is 5.56 Å². The number of hydrogen-bond acceptors (Lipinski definition) is 8. The first-order valence-corrected chi connectivity index (χ1v) is 10.5. The van der Waals surface area contributed by atoms with Crippen molar-refractivity contribution in [1.82, 2.24) is 5.32 Å². The van der Waals surface area contributed by atoms with Crippen LogP contribution in [0.4, 0.5) is 5.00 Å². The fraction of sp³-hybridized carbons (Fsp3) is 0.182. The Hall–Kier alpha value is -3.92. The van der Waals surface area contributed by atoms with Crippen molar-refractivity contribution in [2.45, 2.75) is 6.92 Å². The smallest absolute Gasteiger partial charge is 0.341 e. The predicted molar refractivity (Wildman–Crippen MR) is 116 cm³/mol. The summed E-state index contributed by atoms with van der Waals surface area (Å²) in [4.78, 5) is 48.3. The van der Waals surface area contributed by atoms with E-state index in [-0.39, 0.29) is 22.9 Å². The monoisotopic (exact) mass is 456 g/mol. The quantitative estimate of drug-likeness (QED) is 0.474. The molecule has 2 aromatic heterocycles. The van der Waals surface area contributed by atoms with E-state index in [1.54, 1.807) is 12.3 Å². The Kier molecular flexibility index (Phi) is 7.76. The standard InChI is InChI=1S/C22H20N2O7S/c1-2-29-22(28)19-15(14-7-4-3-5-8-14)13-32-21(19)24-17(25)12-31-18(26)11-23-20(27)16-9-6-10-30-16/h3-10,13H,2,11-12H2,1H3,(H,23,27)(H,24,25). The Morgan fingerprint density at radius 2 is 1.81 bits per heavy atom. The molecule has 3 rings (SSSR count).